The van der Waals surface area contributed by atoms with Crippen LogP contribution in [0.2, 0.25) is 0 Å². The molecule has 24 heavy (non-hydrogen) atoms. The fraction of sp³-hybridized carbons (Fsp3) is 0.889. The van der Waals surface area contributed by atoms with Crippen LogP contribution in [0.4, 0.5) is 4.79 Å². The monoisotopic (exact) mass is 339 g/mol. The van der Waals surface area contributed by atoms with E-state index in [1.807, 2.05) is 20.8 Å². The van der Waals surface area contributed by atoms with E-state index in [4.69, 9.17) is 4.74 Å². The van der Waals surface area contributed by atoms with Gasteiger partial charge in [0.15, 0.2) is 0 Å². The highest BCUT2D eigenvalue weighted by Gasteiger charge is 2.37. The smallest absolute Gasteiger partial charge is 0.410 e. The second kappa shape index (κ2) is 7.30. The van der Waals surface area contributed by atoms with Gasteiger partial charge < -0.3 is 10.1 Å². The Morgan fingerprint density at radius 2 is 1.67 bits per heavy atom. The Balaban J connectivity index is 1.89. The van der Waals surface area contributed by atoms with Crippen molar-refractivity contribution in [1.29, 1.82) is 0 Å². The van der Waals surface area contributed by atoms with Gasteiger partial charge in [-0.2, -0.15) is 0 Å². The predicted octanol–water partition coefficient (Wildman–Crippen LogP) is 2.38. The van der Waals surface area contributed by atoms with Gasteiger partial charge in [-0.15, -0.1) is 0 Å². The summed E-state index contributed by atoms with van der Waals surface area (Å²) in [4.78, 5) is 28.9. The van der Waals surface area contributed by atoms with Crippen molar-refractivity contribution in [3.63, 3.8) is 0 Å². The van der Waals surface area contributed by atoms with E-state index in [1.165, 1.54) is 12.8 Å². The molecule has 1 N–H and O–H groups in total. The number of nitrogens with zero attached hydrogens (tertiary/aromatic N) is 2. The largest absolute Gasteiger partial charge is 0.444 e. The maximum atomic E-state index is 12.6. The lowest BCUT2D eigenvalue weighted by atomic mass is 10.0. The zero-order chi connectivity index (χ0) is 18.0. The standard InChI is InChI=1S/C18H33N3O3/c1-17(2,3)24-16(23)21-12-8-9-14(21)15(22)19-13-18(4,5)20-10-6-7-11-20/h14H,6-13H2,1-5H3,(H,19,22). The Hall–Kier alpha value is -1.30. The summed E-state index contributed by atoms with van der Waals surface area (Å²) in [6, 6.07) is -0.408. The highest BCUT2D eigenvalue weighted by atomic mass is 16.6. The first-order valence-corrected chi connectivity index (χ1v) is 9.12. The topological polar surface area (TPSA) is 61.9 Å². The average Bonchev–Trinajstić information content (AvgIpc) is 3.13. The number of carbonyl (C=O) groups excluding carboxylic acids is 2. The minimum absolute atomic E-state index is 0.0541. The second-order valence-electron chi connectivity index (χ2n) is 8.56. The van der Waals surface area contributed by atoms with Crippen molar-refractivity contribution >= 4 is 12.0 Å². The maximum absolute atomic E-state index is 12.6. The Morgan fingerprint density at radius 3 is 2.25 bits per heavy atom. The van der Waals surface area contributed by atoms with Gasteiger partial charge in [-0.05, 0) is 73.4 Å². The highest BCUT2D eigenvalue weighted by molar-refractivity contribution is 5.86. The first-order chi connectivity index (χ1) is 11.1. The molecule has 2 saturated heterocycles. The number of carbonyl (C=O) groups is 2. The van der Waals surface area contributed by atoms with Gasteiger partial charge in [0.2, 0.25) is 5.91 Å². The van der Waals surface area contributed by atoms with Crippen LogP contribution in [0.5, 0.6) is 0 Å². The Morgan fingerprint density at radius 1 is 1.04 bits per heavy atom. The van der Waals surface area contributed by atoms with Gasteiger partial charge in [-0.3, -0.25) is 14.6 Å². The summed E-state index contributed by atoms with van der Waals surface area (Å²) in [5.74, 6) is -0.0642. The molecule has 2 aliphatic heterocycles. The van der Waals surface area contributed by atoms with E-state index >= 15 is 0 Å². The summed E-state index contributed by atoms with van der Waals surface area (Å²) in [6.45, 7) is 13.2. The molecule has 0 spiro atoms. The third-order valence-corrected chi connectivity index (χ3v) is 4.84. The maximum Gasteiger partial charge on any atom is 0.410 e. The molecule has 2 rings (SSSR count). The van der Waals surface area contributed by atoms with Gasteiger partial charge in [0.05, 0.1) is 0 Å². The van der Waals surface area contributed by atoms with Gasteiger partial charge in [0.25, 0.3) is 0 Å². The number of hydrogen-bond donors (Lipinski definition) is 1. The minimum atomic E-state index is -0.543. The lowest BCUT2D eigenvalue weighted by molar-refractivity contribution is -0.126. The number of hydrogen-bond acceptors (Lipinski definition) is 4. The Labute approximate surface area is 145 Å². The van der Waals surface area contributed by atoms with Crippen molar-refractivity contribution in [3.8, 4) is 0 Å². The molecule has 6 nitrogen and oxygen atoms in total. The van der Waals surface area contributed by atoms with Crippen LogP contribution in [0.3, 0.4) is 0 Å². The quantitative estimate of drug-likeness (QED) is 0.854. The van der Waals surface area contributed by atoms with Gasteiger partial charge in [0, 0.05) is 18.6 Å². The van der Waals surface area contributed by atoms with Crippen molar-refractivity contribution in [2.75, 3.05) is 26.2 Å². The molecule has 1 unspecified atom stereocenters. The van der Waals surface area contributed by atoms with Crippen LogP contribution < -0.4 is 5.32 Å². The van der Waals surface area contributed by atoms with Crippen molar-refractivity contribution in [1.82, 2.24) is 15.1 Å². The molecular formula is C18H33N3O3. The molecule has 1 atom stereocenters. The lowest BCUT2D eigenvalue weighted by Crippen LogP contribution is -2.54. The molecule has 0 bridgehead atoms. The molecule has 6 heteroatoms. The molecule has 2 aliphatic rings. The Kier molecular flexibility index (Phi) is 5.78. The predicted molar refractivity (Wildman–Crippen MR) is 93.9 cm³/mol. The van der Waals surface area contributed by atoms with Crippen LogP contribution >= 0.6 is 0 Å². The summed E-state index contributed by atoms with van der Waals surface area (Å²) in [7, 11) is 0. The summed E-state index contributed by atoms with van der Waals surface area (Å²) in [6.07, 6.45) is 3.61. The number of rotatable bonds is 4. The molecule has 138 valence electrons. The van der Waals surface area contributed by atoms with E-state index in [1.54, 1.807) is 4.90 Å². The van der Waals surface area contributed by atoms with Gasteiger partial charge in [0.1, 0.15) is 11.6 Å². The van der Waals surface area contributed by atoms with Crippen molar-refractivity contribution in [2.24, 2.45) is 0 Å². The summed E-state index contributed by atoms with van der Waals surface area (Å²) < 4.78 is 5.43. The van der Waals surface area contributed by atoms with Crippen LogP contribution in [-0.4, -0.2) is 65.2 Å². The van der Waals surface area contributed by atoms with E-state index in [9.17, 15) is 9.59 Å². The molecule has 0 aromatic heterocycles. The van der Waals surface area contributed by atoms with Crippen molar-refractivity contribution in [2.45, 2.75) is 77.5 Å². The number of amides is 2. The summed E-state index contributed by atoms with van der Waals surface area (Å²) in [5, 5.41) is 3.06. The molecule has 0 radical (unpaired) electrons. The first kappa shape index (κ1) is 19.0. The summed E-state index contributed by atoms with van der Waals surface area (Å²) in [5.41, 5.74) is -0.597. The first-order valence-electron chi connectivity index (χ1n) is 9.12. The molecule has 0 aromatic carbocycles. The number of likely N-dealkylation sites (tertiary alicyclic amines) is 2. The van der Waals surface area contributed by atoms with Gasteiger partial charge in [-0.25, -0.2) is 4.79 Å². The summed E-state index contributed by atoms with van der Waals surface area (Å²) >= 11 is 0. The van der Waals surface area contributed by atoms with E-state index in [0.717, 1.165) is 19.5 Å². The second-order valence-corrected chi connectivity index (χ2v) is 8.56. The Bertz CT molecular complexity index is 465. The van der Waals surface area contributed by atoms with Crippen LogP contribution in [0, 0.1) is 0 Å². The fourth-order valence-electron chi connectivity index (χ4n) is 3.43. The molecule has 0 aromatic rings. The van der Waals surface area contributed by atoms with E-state index < -0.39 is 11.6 Å². The zero-order valence-electron chi connectivity index (χ0n) is 15.9. The van der Waals surface area contributed by atoms with E-state index in [0.29, 0.717) is 19.5 Å². The van der Waals surface area contributed by atoms with Gasteiger partial charge in [-0.1, -0.05) is 0 Å². The minimum Gasteiger partial charge on any atom is -0.444 e. The molecule has 2 amide bonds. The van der Waals surface area contributed by atoms with Crippen LogP contribution in [0.15, 0.2) is 0 Å². The molecule has 0 saturated carbocycles. The molecule has 2 heterocycles. The van der Waals surface area contributed by atoms with Crippen LogP contribution in [0.1, 0.15) is 60.3 Å². The fourth-order valence-corrected chi connectivity index (χ4v) is 3.43. The highest BCUT2D eigenvalue weighted by Crippen LogP contribution is 2.23. The number of nitrogens with one attached hydrogen (secondary N) is 1. The molecule has 0 aliphatic carbocycles. The van der Waals surface area contributed by atoms with E-state index in [-0.39, 0.29) is 17.5 Å². The zero-order valence-corrected chi connectivity index (χ0v) is 15.9. The van der Waals surface area contributed by atoms with E-state index in [2.05, 4.69) is 24.1 Å². The molecule has 2 fully saturated rings. The van der Waals surface area contributed by atoms with Gasteiger partial charge >= 0.3 is 6.09 Å². The number of ether oxygens (including phenoxy) is 1. The lowest BCUT2D eigenvalue weighted by Gasteiger charge is -2.36. The van der Waals surface area contributed by atoms with Crippen LogP contribution in [0.25, 0.3) is 0 Å². The third kappa shape index (κ3) is 4.85. The third-order valence-electron chi connectivity index (χ3n) is 4.84. The van der Waals surface area contributed by atoms with Crippen molar-refractivity contribution < 1.29 is 14.3 Å². The average molecular weight is 339 g/mol. The molecular weight excluding hydrogens is 306 g/mol. The van der Waals surface area contributed by atoms with Crippen molar-refractivity contribution in [3.05, 3.63) is 0 Å². The SMILES string of the molecule is CC(C)(C)OC(=O)N1CCCC1C(=O)NCC(C)(C)N1CCCC1. The normalized spacial score (nSPS) is 22.7. The van der Waals surface area contributed by atoms with Crippen LogP contribution in [-0.2, 0) is 9.53 Å².